The molecule has 2 bridgehead atoms. The number of allylic oxidation sites excluding steroid dienone is 2. The van der Waals surface area contributed by atoms with Crippen LogP contribution in [-0.4, -0.2) is 4.98 Å². The van der Waals surface area contributed by atoms with Crippen molar-refractivity contribution in [3.63, 3.8) is 0 Å². The summed E-state index contributed by atoms with van der Waals surface area (Å²) in [5.74, 6) is 0.333. The molecule has 0 spiro atoms. The van der Waals surface area contributed by atoms with Crippen molar-refractivity contribution in [2.75, 3.05) is 0 Å². The lowest BCUT2D eigenvalue weighted by atomic mass is 9.63. The molecule has 1 aromatic rings. The summed E-state index contributed by atoms with van der Waals surface area (Å²) in [5, 5.41) is 0. The van der Waals surface area contributed by atoms with Gasteiger partial charge in [0.25, 0.3) is 0 Å². The number of nitrogens with one attached hydrogen (secondary N) is 1. The summed E-state index contributed by atoms with van der Waals surface area (Å²) in [6.45, 7) is 4.19. The third-order valence-corrected chi connectivity index (χ3v) is 4.17. The summed E-state index contributed by atoms with van der Waals surface area (Å²) < 4.78 is 0. The standard InChI is InChI=1S/C15H18N2O/c1-3-11-10-6-9(2)8-15(11,16)12-4-5-14(18)17-13(12)7-10/h3-6,10H,7-8,16H2,1-2H3,(H,17,18)/b11-3-/t10-,15-/m1/s1. The molecule has 94 valence electrons. The van der Waals surface area contributed by atoms with E-state index in [0.717, 1.165) is 24.1 Å². The van der Waals surface area contributed by atoms with Crippen molar-refractivity contribution < 1.29 is 0 Å². The largest absolute Gasteiger partial charge is 0.326 e. The van der Waals surface area contributed by atoms with Crippen molar-refractivity contribution in [2.24, 2.45) is 11.7 Å². The van der Waals surface area contributed by atoms with Crippen molar-refractivity contribution in [2.45, 2.75) is 32.2 Å². The van der Waals surface area contributed by atoms with E-state index in [1.165, 1.54) is 11.1 Å². The third-order valence-electron chi connectivity index (χ3n) is 4.17. The molecular weight excluding hydrogens is 224 g/mol. The molecule has 1 heterocycles. The van der Waals surface area contributed by atoms with Crippen molar-refractivity contribution in [1.82, 2.24) is 4.98 Å². The van der Waals surface area contributed by atoms with Crippen LogP contribution >= 0.6 is 0 Å². The first-order valence-electron chi connectivity index (χ1n) is 6.40. The van der Waals surface area contributed by atoms with E-state index < -0.39 is 5.54 Å². The van der Waals surface area contributed by atoms with Crippen molar-refractivity contribution in [1.29, 1.82) is 0 Å². The first kappa shape index (κ1) is 11.5. The van der Waals surface area contributed by atoms with Gasteiger partial charge < -0.3 is 10.7 Å². The average Bonchev–Trinajstić information content (AvgIpc) is 2.26. The van der Waals surface area contributed by atoms with Gasteiger partial charge in [0.1, 0.15) is 0 Å². The molecule has 3 heteroatoms. The van der Waals surface area contributed by atoms with E-state index in [9.17, 15) is 4.79 Å². The van der Waals surface area contributed by atoms with Gasteiger partial charge in [0.15, 0.2) is 0 Å². The monoisotopic (exact) mass is 242 g/mol. The van der Waals surface area contributed by atoms with Crippen LogP contribution in [0.1, 0.15) is 31.5 Å². The van der Waals surface area contributed by atoms with Gasteiger partial charge in [-0.05, 0) is 43.9 Å². The molecule has 0 saturated heterocycles. The van der Waals surface area contributed by atoms with Crippen LogP contribution in [-0.2, 0) is 12.0 Å². The molecule has 3 N–H and O–H groups in total. The van der Waals surface area contributed by atoms with Crippen LogP contribution < -0.4 is 11.3 Å². The molecule has 0 radical (unpaired) electrons. The van der Waals surface area contributed by atoms with Crippen molar-refractivity contribution in [3.05, 3.63) is 57.0 Å². The summed E-state index contributed by atoms with van der Waals surface area (Å²) in [7, 11) is 0. The normalized spacial score (nSPS) is 32.1. The first-order chi connectivity index (χ1) is 8.54. The fourth-order valence-corrected chi connectivity index (χ4v) is 3.57. The zero-order valence-electron chi connectivity index (χ0n) is 10.8. The van der Waals surface area contributed by atoms with Gasteiger partial charge in [-0.2, -0.15) is 0 Å². The van der Waals surface area contributed by atoms with Gasteiger partial charge in [0.2, 0.25) is 5.56 Å². The number of hydrogen-bond acceptors (Lipinski definition) is 2. The Bertz CT molecular complexity index is 624. The predicted molar refractivity (Wildman–Crippen MR) is 72.3 cm³/mol. The van der Waals surface area contributed by atoms with E-state index in [2.05, 4.69) is 31.0 Å². The number of pyridine rings is 1. The Morgan fingerprint density at radius 3 is 3.00 bits per heavy atom. The van der Waals surface area contributed by atoms with Gasteiger partial charge >= 0.3 is 0 Å². The summed E-state index contributed by atoms with van der Waals surface area (Å²) in [5.41, 5.74) is 10.9. The first-order valence-corrected chi connectivity index (χ1v) is 6.40. The molecule has 0 amide bonds. The van der Waals surface area contributed by atoms with Gasteiger partial charge in [0, 0.05) is 17.7 Å². The van der Waals surface area contributed by atoms with Gasteiger partial charge in [-0.25, -0.2) is 0 Å². The maximum Gasteiger partial charge on any atom is 0.248 e. The SMILES string of the molecule is C/C=C1/[C@@H]2C=C(C)C[C@]1(N)c1ccc(=O)[nH]c1C2. The van der Waals surface area contributed by atoms with Gasteiger partial charge in [-0.1, -0.05) is 17.7 Å². The van der Waals surface area contributed by atoms with Gasteiger partial charge in [-0.3, -0.25) is 4.79 Å². The Hall–Kier alpha value is -1.61. The van der Waals surface area contributed by atoms with Crippen LogP contribution in [0, 0.1) is 5.92 Å². The van der Waals surface area contributed by atoms with Crippen LogP contribution in [0.5, 0.6) is 0 Å². The lowest BCUT2D eigenvalue weighted by Gasteiger charge is -2.45. The van der Waals surface area contributed by atoms with Gasteiger partial charge in [0.05, 0.1) is 5.54 Å². The van der Waals surface area contributed by atoms with E-state index in [0.29, 0.717) is 5.92 Å². The summed E-state index contributed by atoms with van der Waals surface area (Å²) in [6, 6.07) is 3.47. The number of hydrogen-bond donors (Lipinski definition) is 2. The van der Waals surface area contributed by atoms with E-state index in [1.807, 2.05) is 6.07 Å². The fourth-order valence-electron chi connectivity index (χ4n) is 3.57. The zero-order chi connectivity index (χ0) is 12.9. The molecule has 0 fully saturated rings. The molecule has 0 unspecified atom stereocenters. The third kappa shape index (κ3) is 1.44. The van der Waals surface area contributed by atoms with Crippen molar-refractivity contribution in [3.8, 4) is 0 Å². The van der Waals surface area contributed by atoms with Crippen LogP contribution in [0.2, 0.25) is 0 Å². The molecule has 2 aliphatic rings. The molecule has 2 atom stereocenters. The number of H-pyrrole nitrogens is 1. The minimum Gasteiger partial charge on any atom is -0.326 e. The van der Waals surface area contributed by atoms with E-state index >= 15 is 0 Å². The molecule has 1 aromatic heterocycles. The Morgan fingerprint density at radius 1 is 1.50 bits per heavy atom. The second-order valence-electron chi connectivity index (χ2n) is 5.43. The summed E-state index contributed by atoms with van der Waals surface area (Å²) in [6.07, 6.45) is 6.11. The number of aromatic nitrogens is 1. The molecule has 2 aliphatic carbocycles. The lowest BCUT2D eigenvalue weighted by Crippen LogP contribution is -2.48. The number of aromatic amines is 1. The Balaban J connectivity index is 2.28. The van der Waals surface area contributed by atoms with Crippen LogP contribution in [0.3, 0.4) is 0 Å². The molecule has 0 aromatic carbocycles. The van der Waals surface area contributed by atoms with E-state index in [-0.39, 0.29) is 5.56 Å². The minimum absolute atomic E-state index is 0.0416. The lowest BCUT2D eigenvalue weighted by molar-refractivity contribution is 0.409. The predicted octanol–water partition coefficient (Wildman–Crippen LogP) is 2.00. The molecule has 0 aliphatic heterocycles. The van der Waals surface area contributed by atoms with E-state index in [4.69, 9.17) is 5.73 Å². The topological polar surface area (TPSA) is 58.9 Å². The average molecular weight is 242 g/mol. The molecule has 3 nitrogen and oxygen atoms in total. The highest BCUT2D eigenvalue weighted by Crippen LogP contribution is 2.47. The highest BCUT2D eigenvalue weighted by molar-refractivity contribution is 5.48. The van der Waals surface area contributed by atoms with Gasteiger partial charge in [-0.15, -0.1) is 0 Å². The molecular formula is C15H18N2O. The molecule has 3 rings (SSSR count). The Labute approximate surface area is 106 Å². The maximum absolute atomic E-state index is 11.5. The van der Waals surface area contributed by atoms with E-state index in [1.54, 1.807) is 6.07 Å². The number of nitrogens with two attached hydrogens (primary N) is 1. The Kier molecular flexibility index (Phi) is 2.35. The maximum atomic E-state index is 11.5. The smallest absolute Gasteiger partial charge is 0.248 e. The van der Waals surface area contributed by atoms with Crippen LogP contribution in [0.25, 0.3) is 0 Å². The highest BCUT2D eigenvalue weighted by atomic mass is 16.1. The summed E-state index contributed by atoms with van der Waals surface area (Å²) >= 11 is 0. The molecule has 18 heavy (non-hydrogen) atoms. The fraction of sp³-hybridized carbons (Fsp3) is 0.400. The molecule has 0 saturated carbocycles. The van der Waals surface area contributed by atoms with Crippen LogP contribution in [0.4, 0.5) is 0 Å². The quantitative estimate of drug-likeness (QED) is 0.684. The van der Waals surface area contributed by atoms with Crippen molar-refractivity contribution >= 4 is 0 Å². The van der Waals surface area contributed by atoms with Crippen LogP contribution in [0.15, 0.2) is 40.2 Å². The second-order valence-corrected chi connectivity index (χ2v) is 5.43. The highest BCUT2D eigenvalue weighted by Gasteiger charge is 2.43. The number of fused-ring (bicyclic) bond motifs is 4. The Morgan fingerprint density at radius 2 is 2.28 bits per heavy atom. The minimum atomic E-state index is -0.434. The second kappa shape index (κ2) is 3.69. The summed E-state index contributed by atoms with van der Waals surface area (Å²) in [4.78, 5) is 14.4. The number of rotatable bonds is 0. The zero-order valence-corrected chi connectivity index (χ0v) is 10.8.